The van der Waals surface area contributed by atoms with Crippen LogP contribution in [0.5, 0.6) is 5.88 Å². The zero-order valence-corrected chi connectivity index (χ0v) is 17.9. The van der Waals surface area contributed by atoms with E-state index < -0.39 is 0 Å². The molecule has 2 N–H and O–H groups in total. The van der Waals surface area contributed by atoms with Crippen molar-refractivity contribution < 1.29 is 14.6 Å². The van der Waals surface area contributed by atoms with Gasteiger partial charge < -0.3 is 15.2 Å². The molecule has 1 aliphatic heterocycles. The van der Waals surface area contributed by atoms with Gasteiger partial charge in [0.1, 0.15) is 0 Å². The summed E-state index contributed by atoms with van der Waals surface area (Å²) in [5.41, 5.74) is 4.85. The lowest BCUT2D eigenvalue weighted by molar-refractivity contribution is -0.119. The number of amides is 1. The van der Waals surface area contributed by atoms with Crippen molar-refractivity contribution in [3.8, 4) is 5.88 Å². The van der Waals surface area contributed by atoms with E-state index in [9.17, 15) is 4.79 Å². The minimum absolute atomic E-state index is 0.0313. The average Bonchev–Trinajstić information content (AvgIpc) is 3.52. The summed E-state index contributed by atoms with van der Waals surface area (Å²) in [6, 6.07) is 10.1. The van der Waals surface area contributed by atoms with Crippen molar-refractivity contribution >= 4 is 23.1 Å². The molecule has 1 aromatic carbocycles. The largest absolute Gasteiger partial charge is 0.481 e. The molecule has 2 aromatic rings. The summed E-state index contributed by atoms with van der Waals surface area (Å²) in [6.45, 7) is 0.141. The first-order valence-corrected chi connectivity index (χ1v) is 10.9. The van der Waals surface area contributed by atoms with Gasteiger partial charge in [-0.2, -0.15) is 0 Å². The second kappa shape index (κ2) is 9.19. The first-order valence-electron chi connectivity index (χ1n) is 10.5. The summed E-state index contributed by atoms with van der Waals surface area (Å²) in [7, 11) is 1.66. The van der Waals surface area contributed by atoms with Crippen LogP contribution >= 0.6 is 11.6 Å². The molecule has 158 valence electrons. The maximum atomic E-state index is 11.7. The molecule has 0 unspecified atom stereocenters. The van der Waals surface area contributed by atoms with Gasteiger partial charge in [0.15, 0.2) is 0 Å². The number of nitrogens with one attached hydrogen (secondary N) is 1. The van der Waals surface area contributed by atoms with E-state index in [-0.39, 0.29) is 18.6 Å². The summed E-state index contributed by atoms with van der Waals surface area (Å²) < 4.78 is 5.59. The average molecular weight is 427 g/mol. The van der Waals surface area contributed by atoms with Crippen molar-refractivity contribution in [2.45, 2.75) is 50.5 Å². The Morgan fingerprint density at radius 1 is 1.30 bits per heavy atom. The fourth-order valence-corrected chi connectivity index (χ4v) is 4.23. The number of methoxy groups -OCH3 is 1. The molecule has 6 heteroatoms. The van der Waals surface area contributed by atoms with Crippen LogP contribution in [0.1, 0.15) is 60.4 Å². The van der Waals surface area contributed by atoms with Crippen LogP contribution in [-0.4, -0.2) is 35.8 Å². The molecule has 30 heavy (non-hydrogen) atoms. The maximum absolute atomic E-state index is 11.7. The van der Waals surface area contributed by atoms with Gasteiger partial charge in [0.2, 0.25) is 11.8 Å². The normalized spacial score (nSPS) is 19.1. The fourth-order valence-electron chi connectivity index (χ4n) is 3.95. The number of halogens is 1. The zero-order valence-electron chi connectivity index (χ0n) is 17.2. The molecule has 2 heterocycles. The van der Waals surface area contributed by atoms with Gasteiger partial charge in [-0.15, -0.1) is 0 Å². The Bertz CT molecular complexity index is 969. The van der Waals surface area contributed by atoms with Crippen LogP contribution in [0, 0.1) is 0 Å². The lowest BCUT2D eigenvalue weighted by Gasteiger charge is -2.15. The molecule has 1 atom stereocenters. The summed E-state index contributed by atoms with van der Waals surface area (Å²) in [5.74, 6) is 1.29. The second-order valence-electron chi connectivity index (χ2n) is 8.00. The quantitative estimate of drug-likeness (QED) is 0.661. The maximum Gasteiger partial charge on any atom is 0.220 e. The van der Waals surface area contributed by atoms with Crippen molar-refractivity contribution in [3.63, 3.8) is 0 Å². The molecule has 2 fully saturated rings. The number of aromatic nitrogens is 1. The van der Waals surface area contributed by atoms with Crippen LogP contribution in [0.25, 0.3) is 5.57 Å². The lowest BCUT2D eigenvalue weighted by atomic mass is 9.96. The number of aliphatic hydroxyl groups is 1. The van der Waals surface area contributed by atoms with Gasteiger partial charge in [0.05, 0.1) is 12.8 Å². The lowest BCUT2D eigenvalue weighted by Crippen LogP contribution is -2.23. The molecule has 0 radical (unpaired) electrons. The van der Waals surface area contributed by atoms with Gasteiger partial charge >= 0.3 is 0 Å². The Labute approximate surface area is 182 Å². The Morgan fingerprint density at radius 2 is 2.13 bits per heavy atom. The number of hydrogen-bond donors (Lipinski definition) is 2. The topological polar surface area (TPSA) is 71.5 Å². The number of carbonyl (C=O) groups is 1. The third kappa shape index (κ3) is 4.68. The SMILES string of the molecule is COc1nc(/C(=C/[C@H]2CCC(=O)N2)c2ccc(CCCO)c(Cl)c2)ccc1C1CC1. The molecule has 1 saturated heterocycles. The van der Waals surface area contributed by atoms with Gasteiger partial charge in [-0.25, -0.2) is 4.98 Å². The van der Waals surface area contributed by atoms with Crippen molar-refractivity contribution in [3.05, 3.63) is 63.8 Å². The van der Waals surface area contributed by atoms with Crippen molar-refractivity contribution in [2.24, 2.45) is 0 Å². The van der Waals surface area contributed by atoms with Crippen molar-refractivity contribution in [1.29, 1.82) is 0 Å². The number of rotatable bonds is 8. The number of benzene rings is 1. The minimum atomic E-state index is -0.0313. The highest BCUT2D eigenvalue weighted by Gasteiger charge is 2.28. The molecule has 5 nitrogen and oxygen atoms in total. The molecule has 0 bridgehead atoms. The van der Waals surface area contributed by atoms with E-state index in [2.05, 4.69) is 17.5 Å². The highest BCUT2D eigenvalue weighted by atomic mass is 35.5. The third-order valence-corrected chi connectivity index (χ3v) is 6.09. The van der Waals surface area contributed by atoms with E-state index in [1.165, 1.54) is 12.8 Å². The first kappa shape index (κ1) is 20.9. The Morgan fingerprint density at radius 3 is 2.77 bits per heavy atom. The number of ether oxygens (including phenoxy) is 1. The fraction of sp³-hybridized carbons (Fsp3) is 0.417. The third-order valence-electron chi connectivity index (χ3n) is 5.74. The van der Waals surface area contributed by atoms with E-state index in [0.29, 0.717) is 29.7 Å². The summed E-state index contributed by atoms with van der Waals surface area (Å²) >= 11 is 6.55. The minimum Gasteiger partial charge on any atom is -0.481 e. The number of pyridine rings is 1. The van der Waals surface area contributed by atoms with Gasteiger partial charge in [-0.3, -0.25) is 4.79 Å². The highest BCUT2D eigenvalue weighted by molar-refractivity contribution is 6.31. The molecule has 1 amide bonds. The van der Waals surface area contributed by atoms with Crippen LogP contribution < -0.4 is 10.1 Å². The van der Waals surface area contributed by atoms with Gasteiger partial charge in [0.25, 0.3) is 0 Å². The predicted molar refractivity (Wildman–Crippen MR) is 118 cm³/mol. The van der Waals surface area contributed by atoms with Crippen LogP contribution in [0.3, 0.4) is 0 Å². The Kier molecular flexibility index (Phi) is 6.40. The van der Waals surface area contributed by atoms with Gasteiger partial charge in [-0.1, -0.05) is 35.9 Å². The van der Waals surface area contributed by atoms with E-state index in [1.54, 1.807) is 7.11 Å². The van der Waals surface area contributed by atoms with E-state index in [0.717, 1.165) is 40.8 Å². The molecule has 0 spiro atoms. The summed E-state index contributed by atoms with van der Waals surface area (Å²) in [4.78, 5) is 16.5. The van der Waals surface area contributed by atoms with E-state index in [4.69, 9.17) is 26.4 Å². The predicted octanol–water partition coefficient (Wildman–Crippen LogP) is 4.26. The van der Waals surface area contributed by atoms with E-state index in [1.807, 2.05) is 24.3 Å². The van der Waals surface area contributed by atoms with E-state index >= 15 is 0 Å². The molecular formula is C24H27ClN2O3. The smallest absolute Gasteiger partial charge is 0.220 e. The molecule has 2 aliphatic rings. The Hall–Kier alpha value is -2.37. The molecular weight excluding hydrogens is 400 g/mol. The number of aliphatic hydroxyl groups excluding tert-OH is 1. The Balaban J connectivity index is 1.73. The molecule has 1 aliphatic carbocycles. The van der Waals surface area contributed by atoms with Crippen LogP contribution in [0.15, 0.2) is 36.4 Å². The number of carbonyl (C=O) groups excluding carboxylic acids is 1. The van der Waals surface area contributed by atoms with Crippen molar-refractivity contribution in [2.75, 3.05) is 13.7 Å². The molecule has 1 saturated carbocycles. The number of aryl methyl sites for hydroxylation is 1. The molecule has 1 aromatic heterocycles. The van der Waals surface area contributed by atoms with Crippen LogP contribution in [0.4, 0.5) is 0 Å². The second-order valence-corrected chi connectivity index (χ2v) is 8.40. The number of nitrogens with zero attached hydrogens (tertiary/aromatic N) is 1. The number of hydrogen-bond acceptors (Lipinski definition) is 4. The highest BCUT2D eigenvalue weighted by Crippen LogP contribution is 2.44. The zero-order chi connectivity index (χ0) is 21.1. The monoisotopic (exact) mass is 426 g/mol. The molecule has 4 rings (SSSR count). The van der Waals surface area contributed by atoms with Crippen molar-refractivity contribution in [1.82, 2.24) is 10.3 Å². The van der Waals surface area contributed by atoms with Crippen LogP contribution in [0.2, 0.25) is 5.02 Å². The summed E-state index contributed by atoms with van der Waals surface area (Å²) in [6.07, 6.45) is 7.14. The summed E-state index contributed by atoms with van der Waals surface area (Å²) in [5, 5.41) is 12.8. The van der Waals surface area contributed by atoms with Crippen LogP contribution in [-0.2, 0) is 11.2 Å². The first-order chi connectivity index (χ1) is 14.6. The van der Waals surface area contributed by atoms with Gasteiger partial charge in [-0.05, 0) is 61.3 Å². The standard InChI is InChI=1S/C24H27ClN2O3/c1-30-24-19(15-4-5-15)9-10-22(27-24)20(14-18-8-11-23(29)26-18)17-7-6-16(3-2-12-28)21(25)13-17/h6-7,9-10,13-15,18,28H,2-5,8,11-12H2,1H3,(H,26,29)/b20-14+/t18-/m1/s1. The van der Waals surface area contributed by atoms with Gasteiger partial charge in [0, 0.05) is 35.2 Å².